The van der Waals surface area contributed by atoms with Crippen LogP contribution in [-0.4, -0.2) is 30.7 Å². The molecule has 1 aromatic rings. The highest BCUT2D eigenvalue weighted by molar-refractivity contribution is 5.55. The van der Waals surface area contributed by atoms with Crippen LogP contribution < -0.4 is 9.75 Å². The molecule has 14 heavy (non-hydrogen) atoms. The van der Waals surface area contributed by atoms with Crippen LogP contribution >= 0.6 is 0 Å². The van der Waals surface area contributed by atoms with Gasteiger partial charge in [-0.3, -0.25) is 10.0 Å². The quantitative estimate of drug-likeness (QED) is 0.704. The van der Waals surface area contributed by atoms with Crippen LogP contribution in [0, 0.1) is 0 Å². The van der Waals surface area contributed by atoms with E-state index in [1.165, 1.54) is 0 Å². The van der Waals surface area contributed by atoms with Crippen molar-refractivity contribution < 1.29 is 4.74 Å². The summed E-state index contributed by atoms with van der Waals surface area (Å²) < 4.78 is 5.20. The van der Waals surface area contributed by atoms with Crippen molar-refractivity contribution in [3.8, 4) is 5.88 Å². The number of hydrazine groups is 1. The van der Waals surface area contributed by atoms with E-state index in [-0.39, 0.29) is 0 Å². The summed E-state index contributed by atoms with van der Waals surface area (Å²) in [6.45, 7) is 0.860. The average molecular weight is 191 g/mol. The zero-order chi connectivity index (χ0) is 9.97. The van der Waals surface area contributed by atoms with Crippen molar-refractivity contribution >= 4 is 5.69 Å². The maximum Gasteiger partial charge on any atom is 0.239 e. The van der Waals surface area contributed by atoms with Crippen molar-refractivity contribution in [3.63, 3.8) is 0 Å². The summed E-state index contributed by atoms with van der Waals surface area (Å²) in [5.41, 5.74) is 0.988. The van der Waals surface area contributed by atoms with E-state index in [1.54, 1.807) is 13.3 Å². The Morgan fingerprint density at radius 1 is 1.50 bits per heavy atom. The molecule has 0 radical (unpaired) electrons. The van der Waals surface area contributed by atoms with Gasteiger partial charge in [0.2, 0.25) is 5.88 Å². The Bertz CT molecular complexity index is 351. The van der Waals surface area contributed by atoms with Gasteiger partial charge in [-0.2, -0.15) is 0 Å². The average Bonchev–Trinajstić information content (AvgIpc) is 2.64. The van der Waals surface area contributed by atoms with Gasteiger partial charge in [0.1, 0.15) is 5.69 Å². The Hall–Kier alpha value is -1.71. The summed E-state index contributed by atoms with van der Waals surface area (Å²) in [7, 11) is 3.63. The monoisotopic (exact) mass is 191 g/mol. The zero-order valence-corrected chi connectivity index (χ0v) is 8.34. The van der Waals surface area contributed by atoms with Gasteiger partial charge < -0.3 is 4.74 Å². The van der Waals surface area contributed by atoms with Crippen LogP contribution in [0.5, 0.6) is 5.88 Å². The van der Waals surface area contributed by atoms with Crippen molar-refractivity contribution in [3.05, 3.63) is 30.6 Å². The molecule has 2 heterocycles. The number of hydrogen-bond acceptors (Lipinski definition) is 4. The Morgan fingerprint density at radius 3 is 3.00 bits per heavy atom. The first kappa shape index (κ1) is 8.87. The zero-order valence-electron chi connectivity index (χ0n) is 8.34. The molecule has 0 unspecified atom stereocenters. The van der Waals surface area contributed by atoms with E-state index < -0.39 is 0 Å². The highest BCUT2D eigenvalue weighted by atomic mass is 16.5. The van der Waals surface area contributed by atoms with Gasteiger partial charge in [-0.1, -0.05) is 0 Å². The fraction of sp³-hybridized carbons (Fsp3) is 0.300. The molecule has 0 atom stereocenters. The third-order valence-electron chi connectivity index (χ3n) is 2.20. The minimum atomic E-state index is 0.656. The molecule has 1 aliphatic heterocycles. The maximum absolute atomic E-state index is 5.20. The highest BCUT2D eigenvalue weighted by Gasteiger charge is 2.17. The number of aromatic nitrogens is 1. The standard InChI is InChI=1S/C10H13N3O/c1-12-7-4-8-13(12)9-5-3-6-11-10(9)14-2/h3-7H,8H2,1-2H3. The predicted molar refractivity (Wildman–Crippen MR) is 55.0 cm³/mol. The molecule has 4 nitrogen and oxygen atoms in total. The number of ether oxygens (including phenoxy) is 1. The van der Waals surface area contributed by atoms with Crippen molar-refractivity contribution in [2.45, 2.75) is 0 Å². The SMILES string of the molecule is COc1ncccc1N1CC=CN1C. The molecule has 2 rings (SSSR count). The first-order valence-corrected chi connectivity index (χ1v) is 4.49. The normalized spacial score (nSPS) is 15.0. The molecule has 1 aromatic heterocycles. The van der Waals surface area contributed by atoms with E-state index in [1.807, 2.05) is 30.4 Å². The van der Waals surface area contributed by atoms with Crippen molar-refractivity contribution in [1.29, 1.82) is 0 Å². The number of nitrogens with zero attached hydrogens (tertiary/aromatic N) is 3. The van der Waals surface area contributed by atoms with Crippen LogP contribution in [-0.2, 0) is 0 Å². The number of methoxy groups -OCH3 is 1. The molecule has 0 N–H and O–H groups in total. The molecule has 0 fully saturated rings. The summed E-state index contributed by atoms with van der Waals surface area (Å²) >= 11 is 0. The largest absolute Gasteiger partial charge is 0.479 e. The van der Waals surface area contributed by atoms with Crippen molar-refractivity contribution in [2.24, 2.45) is 0 Å². The second-order valence-corrected chi connectivity index (χ2v) is 3.07. The van der Waals surface area contributed by atoms with Gasteiger partial charge in [0.05, 0.1) is 13.7 Å². The summed E-state index contributed by atoms with van der Waals surface area (Å²) in [6, 6.07) is 3.90. The molecule has 1 aliphatic rings. The fourth-order valence-electron chi connectivity index (χ4n) is 1.51. The van der Waals surface area contributed by atoms with E-state index >= 15 is 0 Å². The third kappa shape index (κ3) is 1.39. The number of pyridine rings is 1. The molecule has 0 aromatic carbocycles. The lowest BCUT2D eigenvalue weighted by molar-refractivity contribution is 0.385. The van der Waals surface area contributed by atoms with Gasteiger partial charge in [-0.25, -0.2) is 4.98 Å². The number of hydrogen-bond donors (Lipinski definition) is 0. The molecule has 0 aliphatic carbocycles. The lowest BCUT2D eigenvalue weighted by Crippen LogP contribution is -2.32. The van der Waals surface area contributed by atoms with Crippen LogP contribution in [0.2, 0.25) is 0 Å². The maximum atomic E-state index is 5.20. The van der Waals surface area contributed by atoms with Gasteiger partial charge >= 0.3 is 0 Å². The first-order valence-electron chi connectivity index (χ1n) is 4.49. The van der Waals surface area contributed by atoms with Crippen LogP contribution in [0.3, 0.4) is 0 Å². The minimum Gasteiger partial charge on any atom is -0.479 e. The van der Waals surface area contributed by atoms with E-state index in [0.717, 1.165) is 12.2 Å². The molecule has 0 bridgehead atoms. The van der Waals surface area contributed by atoms with Gasteiger partial charge in [-0.15, -0.1) is 0 Å². The highest BCUT2D eigenvalue weighted by Crippen LogP contribution is 2.27. The van der Waals surface area contributed by atoms with Gasteiger partial charge in [0, 0.05) is 19.4 Å². The molecule has 74 valence electrons. The van der Waals surface area contributed by atoms with Crippen molar-refractivity contribution in [2.75, 3.05) is 25.7 Å². The fourth-order valence-corrected chi connectivity index (χ4v) is 1.51. The Labute approximate surface area is 83.4 Å². The topological polar surface area (TPSA) is 28.6 Å². The predicted octanol–water partition coefficient (Wildman–Crippen LogP) is 1.27. The Balaban J connectivity index is 2.31. The molecule has 4 heteroatoms. The van der Waals surface area contributed by atoms with Crippen LogP contribution in [0.25, 0.3) is 0 Å². The molecule has 0 saturated carbocycles. The van der Waals surface area contributed by atoms with E-state index in [2.05, 4.69) is 16.1 Å². The summed E-state index contributed by atoms with van der Waals surface area (Å²) in [6.07, 6.45) is 5.84. The van der Waals surface area contributed by atoms with Crippen LogP contribution in [0.15, 0.2) is 30.6 Å². The van der Waals surface area contributed by atoms with E-state index in [9.17, 15) is 0 Å². The van der Waals surface area contributed by atoms with Gasteiger partial charge in [0.15, 0.2) is 0 Å². The molecular weight excluding hydrogens is 178 g/mol. The molecular formula is C10H13N3O. The van der Waals surface area contributed by atoms with Crippen molar-refractivity contribution in [1.82, 2.24) is 9.99 Å². The third-order valence-corrected chi connectivity index (χ3v) is 2.20. The van der Waals surface area contributed by atoms with Gasteiger partial charge in [-0.05, 0) is 18.2 Å². The van der Waals surface area contributed by atoms with Gasteiger partial charge in [0.25, 0.3) is 0 Å². The number of rotatable bonds is 2. The van der Waals surface area contributed by atoms with Crippen LogP contribution in [0.4, 0.5) is 5.69 Å². The summed E-state index contributed by atoms with van der Waals surface area (Å²) in [5, 5.41) is 4.10. The second-order valence-electron chi connectivity index (χ2n) is 3.07. The summed E-state index contributed by atoms with van der Waals surface area (Å²) in [4.78, 5) is 4.16. The Morgan fingerprint density at radius 2 is 2.36 bits per heavy atom. The number of anilines is 1. The minimum absolute atomic E-state index is 0.656. The summed E-state index contributed by atoms with van der Waals surface area (Å²) in [5.74, 6) is 0.656. The second kappa shape index (κ2) is 3.57. The van der Waals surface area contributed by atoms with E-state index in [0.29, 0.717) is 5.88 Å². The van der Waals surface area contributed by atoms with E-state index in [4.69, 9.17) is 4.74 Å². The molecule has 0 saturated heterocycles. The Kier molecular flexibility index (Phi) is 2.26. The molecule has 0 amide bonds. The molecule has 0 spiro atoms. The van der Waals surface area contributed by atoms with Crippen LogP contribution in [0.1, 0.15) is 0 Å². The lowest BCUT2D eigenvalue weighted by Gasteiger charge is -2.27. The first-order chi connectivity index (χ1) is 6.83. The smallest absolute Gasteiger partial charge is 0.239 e. The lowest BCUT2D eigenvalue weighted by atomic mass is 10.4.